The van der Waals surface area contributed by atoms with Gasteiger partial charge in [0.1, 0.15) is 0 Å². The van der Waals surface area contributed by atoms with E-state index in [2.05, 4.69) is 87.5 Å². The topological polar surface area (TPSA) is 99.1 Å². The Labute approximate surface area is 292 Å². The summed E-state index contributed by atoms with van der Waals surface area (Å²) in [5.41, 5.74) is 5.51. The number of hydrogen-bond acceptors (Lipinski definition) is 6. The first kappa shape index (κ1) is 42.1. The Morgan fingerprint density at radius 3 is 0.978 bits per heavy atom. The molecule has 238 valence electrons. The van der Waals surface area contributed by atoms with Gasteiger partial charge in [0.25, 0.3) is 0 Å². The quantitative estimate of drug-likeness (QED) is 0.103. The Balaban J connectivity index is 0.000000760. The van der Waals surface area contributed by atoms with Crippen LogP contribution in [0.1, 0.15) is 55.4 Å². The van der Waals surface area contributed by atoms with Crippen LogP contribution < -0.4 is 10.4 Å². The minimum Gasteiger partial charge on any atom is -0.512 e. The molecule has 0 unspecified atom stereocenters. The number of rotatable bonds is 8. The zero-order valence-corrected chi connectivity index (χ0v) is 31.8. The second-order valence-corrected chi connectivity index (χ2v) is 24.0. The number of nitrogens with zero attached hydrogens (tertiary/aromatic N) is 6. The molecule has 0 bridgehead atoms. The van der Waals surface area contributed by atoms with Gasteiger partial charge in [-0.05, 0) is 68.9 Å². The average molecular weight is 718 g/mol. The second kappa shape index (κ2) is 20.3. The van der Waals surface area contributed by atoms with E-state index >= 15 is 0 Å². The van der Waals surface area contributed by atoms with Gasteiger partial charge in [-0.15, -0.1) is 0 Å². The summed E-state index contributed by atoms with van der Waals surface area (Å²) >= 11 is 14.0. The molecule has 0 N–H and O–H groups in total. The number of pyridine rings is 4. The summed E-state index contributed by atoms with van der Waals surface area (Å²) in [6, 6.07) is 20.0. The molecule has 11 heteroatoms. The molecule has 0 saturated carbocycles. The van der Waals surface area contributed by atoms with Gasteiger partial charge in [0.15, 0.2) is 14.8 Å². The summed E-state index contributed by atoms with van der Waals surface area (Å²) in [7, 11) is -4.03. The fourth-order valence-corrected chi connectivity index (χ4v) is 12.4. The molecule has 0 saturated heterocycles. The molecule has 45 heavy (non-hydrogen) atoms. The van der Waals surface area contributed by atoms with Crippen LogP contribution in [-0.2, 0) is 17.1 Å². The van der Waals surface area contributed by atoms with Crippen molar-refractivity contribution in [2.75, 3.05) is 0 Å². The first-order valence-electron chi connectivity index (χ1n) is 14.5. The molecule has 0 radical (unpaired) electrons. The summed E-state index contributed by atoms with van der Waals surface area (Å²) in [6.45, 7) is 27.2. The Bertz CT molecular complexity index is 1290. The molecular weight excluding hydrogens is 675 g/mol. The van der Waals surface area contributed by atoms with Crippen LogP contribution in [0.2, 0.25) is 22.2 Å². The summed E-state index contributed by atoms with van der Waals surface area (Å²) in [5.74, 6) is 0. The SMILES string of the molecule is CC(C)[Si](Cl)(c1ccc(-c2ccccn2)nc1)C(C)C.CC(C)[Si](Cl)(c1ccc(-c2ccccn2)nc1)C(C)C.[C-]#N.[C-]#N.[Fe+2]. The molecule has 6 nitrogen and oxygen atoms in total. The summed E-state index contributed by atoms with van der Waals surface area (Å²) < 4.78 is 0. The van der Waals surface area contributed by atoms with Gasteiger partial charge >= 0.3 is 17.1 Å². The van der Waals surface area contributed by atoms with Crippen molar-refractivity contribution in [3.05, 3.63) is 98.6 Å². The van der Waals surface area contributed by atoms with E-state index in [1.54, 1.807) is 12.4 Å². The number of hydrogen-bond donors (Lipinski definition) is 0. The van der Waals surface area contributed by atoms with Gasteiger partial charge in [-0.25, -0.2) is 0 Å². The van der Waals surface area contributed by atoms with E-state index in [1.165, 1.54) is 10.4 Å². The molecule has 4 aromatic rings. The van der Waals surface area contributed by atoms with Gasteiger partial charge in [0, 0.05) is 24.8 Å². The summed E-state index contributed by atoms with van der Waals surface area (Å²) in [4.78, 5) is 17.8. The van der Waals surface area contributed by atoms with E-state index in [4.69, 9.17) is 45.8 Å². The van der Waals surface area contributed by atoms with Gasteiger partial charge in [-0.2, -0.15) is 22.2 Å². The predicted molar refractivity (Wildman–Crippen MR) is 188 cm³/mol. The minimum atomic E-state index is -2.01. The molecule has 4 heterocycles. The van der Waals surface area contributed by atoms with Gasteiger partial charge in [0.05, 0.1) is 22.8 Å². The Morgan fingerprint density at radius 1 is 0.489 bits per heavy atom. The maximum atomic E-state index is 7.02. The van der Waals surface area contributed by atoms with Crippen LogP contribution in [0, 0.1) is 23.7 Å². The summed E-state index contributed by atoms with van der Waals surface area (Å²) in [5, 5.41) is 14.9. The van der Waals surface area contributed by atoms with Crippen LogP contribution in [-0.4, -0.2) is 34.7 Å². The molecule has 0 aliphatic carbocycles. The van der Waals surface area contributed by atoms with E-state index < -0.39 is 14.8 Å². The second-order valence-electron chi connectivity index (χ2n) is 11.4. The van der Waals surface area contributed by atoms with Crippen molar-refractivity contribution >= 4 is 47.3 Å². The van der Waals surface area contributed by atoms with Gasteiger partial charge < -0.3 is 23.7 Å². The number of halogens is 2. The van der Waals surface area contributed by atoms with Crippen LogP contribution in [0.3, 0.4) is 0 Å². The molecular formula is C34H42Cl2FeN6Si2. The molecule has 4 aromatic heterocycles. The van der Waals surface area contributed by atoms with E-state index in [-0.39, 0.29) is 17.1 Å². The fraction of sp³-hybridized carbons (Fsp3) is 0.353. The maximum Gasteiger partial charge on any atom is 2.00 e. The third-order valence-corrected chi connectivity index (χ3v) is 23.3. The van der Waals surface area contributed by atoms with E-state index in [0.717, 1.165) is 22.8 Å². The fourth-order valence-electron chi connectivity index (χ4n) is 5.24. The smallest absolute Gasteiger partial charge is 0.512 e. The Kier molecular flexibility index (Phi) is 19.0. The molecule has 0 amide bonds. The van der Waals surface area contributed by atoms with Crippen LogP contribution in [0.4, 0.5) is 0 Å². The first-order valence-corrected chi connectivity index (χ1v) is 20.8. The monoisotopic (exact) mass is 716 g/mol. The maximum absolute atomic E-state index is 7.02. The van der Waals surface area contributed by atoms with Crippen molar-refractivity contribution in [1.29, 1.82) is 10.5 Å². The molecule has 0 spiro atoms. The van der Waals surface area contributed by atoms with Gasteiger partial charge in [-0.3, -0.25) is 19.9 Å². The van der Waals surface area contributed by atoms with Crippen LogP contribution in [0.15, 0.2) is 85.5 Å². The van der Waals surface area contributed by atoms with Crippen molar-refractivity contribution in [1.82, 2.24) is 19.9 Å². The van der Waals surface area contributed by atoms with Crippen molar-refractivity contribution < 1.29 is 17.1 Å². The molecule has 4 rings (SSSR count). The van der Waals surface area contributed by atoms with E-state index in [9.17, 15) is 0 Å². The zero-order valence-electron chi connectivity index (χ0n) is 27.2. The third kappa shape index (κ3) is 10.6. The number of aromatic nitrogens is 4. The largest absolute Gasteiger partial charge is 2.00 e. The molecule has 0 fully saturated rings. The summed E-state index contributed by atoms with van der Waals surface area (Å²) in [6.07, 6.45) is 7.47. The van der Waals surface area contributed by atoms with Crippen molar-refractivity contribution in [3.63, 3.8) is 0 Å². The third-order valence-electron chi connectivity index (χ3n) is 7.63. The van der Waals surface area contributed by atoms with E-state index in [0.29, 0.717) is 22.2 Å². The normalized spacial score (nSPS) is 10.9. The molecule has 0 atom stereocenters. The standard InChI is InChI=1S/2C16H21ClN2Si.2CN.Fe/c2*1-12(2)20(17,13(3)4)14-8-9-16(19-11-14)15-7-5-6-10-18-15;2*1-2;/h2*5-13H,1-4H3;;;/q;;2*-1;+2. The molecule has 0 aliphatic heterocycles. The van der Waals surface area contributed by atoms with Crippen LogP contribution in [0.5, 0.6) is 0 Å². The van der Waals surface area contributed by atoms with E-state index in [1.807, 2.05) is 60.9 Å². The molecule has 0 aliphatic rings. The van der Waals surface area contributed by atoms with Crippen molar-refractivity contribution in [3.8, 4) is 22.8 Å². The zero-order chi connectivity index (χ0) is 33.5. The predicted octanol–water partition coefficient (Wildman–Crippen LogP) is 8.90. The van der Waals surface area contributed by atoms with Crippen LogP contribution in [0.25, 0.3) is 22.8 Å². The molecule has 0 aromatic carbocycles. The van der Waals surface area contributed by atoms with Gasteiger partial charge in [0.2, 0.25) is 0 Å². The minimum absolute atomic E-state index is 0. The first-order chi connectivity index (χ1) is 20.9. The Hall–Kier alpha value is -2.89. The van der Waals surface area contributed by atoms with Gasteiger partial charge in [-0.1, -0.05) is 79.7 Å². The van der Waals surface area contributed by atoms with Crippen molar-refractivity contribution in [2.24, 2.45) is 0 Å². The average Bonchev–Trinajstić information content (AvgIpc) is 3.06. The Morgan fingerprint density at radius 2 is 0.778 bits per heavy atom. The van der Waals surface area contributed by atoms with Crippen molar-refractivity contribution in [2.45, 2.75) is 77.6 Å². The van der Waals surface area contributed by atoms with Crippen LogP contribution >= 0.6 is 22.2 Å².